The minimum Gasteiger partial charge on any atom is -0.399 e. The number of nitrogens with zero attached hydrogens (tertiary/aromatic N) is 1. The normalized spacial score (nSPS) is 17.3. The number of rotatable bonds is 1. The van der Waals surface area contributed by atoms with E-state index in [2.05, 4.69) is 20.8 Å². The van der Waals surface area contributed by atoms with Gasteiger partial charge >= 0.3 is 0 Å². The standard InChI is InChI=1S/C16H23ClN2O/c1-16(2,3)12-4-6-19(7-5-12)15(20)11-8-13(17)10-14(18)9-11/h8-10,12H,4-7,18H2,1-3H3. The predicted octanol–water partition coefficient (Wildman–Crippen LogP) is 3.82. The molecule has 1 aromatic rings. The van der Waals surface area contributed by atoms with Crippen molar-refractivity contribution in [2.45, 2.75) is 33.6 Å². The van der Waals surface area contributed by atoms with Crippen LogP contribution in [-0.2, 0) is 0 Å². The molecule has 2 N–H and O–H groups in total. The second kappa shape index (κ2) is 5.65. The van der Waals surface area contributed by atoms with Crippen molar-refractivity contribution in [1.29, 1.82) is 0 Å². The van der Waals surface area contributed by atoms with Crippen molar-refractivity contribution in [2.75, 3.05) is 18.8 Å². The van der Waals surface area contributed by atoms with Gasteiger partial charge in [-0.15, -0.1) is 0 Å². The third kappa shape index (κ3) is 3.45. The molecule has 1 amide bonds. The van der Waals surface area contributed by atoms with Crippen LogP contribution in [0.3, 0.4) is 0 Å². The molecule has 1 aromatic carbocycles. The van der Waals surface area contributed by atoms with Crippen molar-refractivity contribution >= 4 is 23.2 Å². The van der Waals surface area contributed by atoms with Gasteiger partial charge in [-0.2, -0.15) is 0 Å². The number of piperidine rings is 1. The van der Waals surface area contributed by atoms with Crippen LogP contribution in [0.5, 0.6) is 0 Å². The molecule has 0 spiro atoms. The summed E-state index contributed by atoms with van der Waals surface area (Å²) in [6.07, 6.45) is 2.12. The lowest BCUT2D eigenvalue weighted by molar-refractivity contribution is 0.0609. The van der Waals surface area contributed by atoms with E-state index in [1.165, 1.54) is 0 Å². The summed E-state index contributed by atoms with van der Waals surface area (Å²) in [5, 5.41) is 0.512. The molecular weight excluding hydrogens is 272 g/mol. The summed E-state index contributed by atoms with van der Waals surface area (Å²) >= 11 is 5.97. The minimum absolute atomic E-state index is 0.0339. The van der Waals surface area contributed by atoms with E-state index in [0.29, 0.717) is 27.6 Å². The summed E-state index contributed by atoms with van der Waals surface area (Å²) in [6.45, 7) is 8.44. The summed E-state index contributed by atoms with van der Waals surface area (Å²) < 4.78 is 0. The van der Waals surface area contributed by atoms with Gasteiger partial charge in [0.1, 0.15) is 0 Å². The molecule has 1 fully saturated rings. The SMILES string of the molecule is CC(C)(C)C1CCN(C(=O)c2cc(N)cc(Cl)c2)CC1. The first kappa shape index (κ1) is 15.2. The van der Waals surface area contributed by atoms with Crippen molar-refractivity contribution < 1.29 is 4.79 Å². The Bertz CT molecular complexity index is 479. The van der Waals surface area contributed by atoms with Crippen LogP contribution in [0.4, 0.5) is 5.69 Å². The Hall–Kier alpha value is -1.22. The summed E-state index contributed by atoms with van der Waals surface area (Å²) in [5.74, 6) is 0.711. The summed E-state index contributed by atoms with van der Waals surface area (Å²) in [6, 6.07) is 5.05. The fraction of sp³-hybridized carbons (Fsp3) is 0.562. The Morgan fingerprint density at radius 3 is 2.35 bits per heavy atom. The average molecular weight is 295 g/mol. The monoisotopic (exact) mass is 294 g/mol. The fourth-order valence-corrected chi connectivity index (χ4v) is 3.11. The van der Waals surface area contributed by atoms with Crippen LogP contribution in [-0.4, -0.2) is 23.9 Å². The molecule has 0 radical (unpaired) electrons. The summed E-state index contributed by atoms with van der Waals surface area (Å²) in [5.41, 5.74) is 7.19. The van der Waals surface area contributed by atoms with E-state index in [1.54, 1.807) is 18.2 Å². The average Bonchev–Trinajstić information content (AvgIpc) is 2.36. The van der Waals surface area contributed by atoms with Gasteiger partial charge in [-0.05, 0) is 42.4 Å². The van der Waals surface area contributed by atoms with Crippen LogP contribution < -0.4 is 5.73 Å². The van der Waals surface area contributed by atoms with Gasteiger partial charge in [0.2, 0.25) is 0 Å². The van der Waals surface area contributed by atoms with Crippen molar-refractivity contribution in [3.8, 4) is 0 Å². The maximum Gasteiger partial charge on any atom is 0.253 e. The highest BCUT2D eigenvalue weighted by molar-refractivity contribution is 6.31. The van der Waals surface area contributed by atoms with Gasteiger partial charge in [-0.1, -0.05) is 32.4 Å². The number of carbonyl (C=O) groups excluding carboxylic acids is 1. The van der Waals surface area contributed by atoms with Crippen molar-refractivity contribution in [3.63, 3.8) is 0 Å². The second-order valence-electron chi connectivity index (χ2n) is 6.71. The lowest BCUT2D eigenvalue weighted by Crippen LogP contribution is -2.41. The molecule has 1 aliphatic heterocycles. The predicted molar refractivity (Wildman–Crippen MR) is 83.9 cm³/mol. The number of nitrogens with two attached hydrogens (primary N) is 1. The van der Waals surface area contributed by atoms with Crippen LogP contribution in [0, 0.1) is 11.3 Å². The van der Waals surface area contributed by atoms with E-state index in [0.717, 1.165) is 25.9 Å². The molecule has 1 heterocycles. The van der Waals surface area contributed by atoms with E-state index in [9.17, 15) is 4.79 Å². The molecule has 0 saturated carbocycles. The van der Waals surface area contributed by atoms with Crippen LogP contribution >= 0.6 is 11.6 Å². The van der Waals surface area contributed by atoms with Crippen molar-refractivity contribution in [1.82, 2.24) is 4.90 Å². The zero-order valence-electron chi connectivity index (χ0n) is 12.4. The van der Waals surface area contributed by atoms with Gasteiger partial charge < -0.3 is 10.6 Å². The number of hydrogen-bond acceptors (Lipinski definition) is 2. The molecule has 0 atom stereocenters. The van der Waals surface area contributed by atoms with Crippen LogP contribution in [0.2, 0.25) is 5.02 Å². The zero-order valence-corrected chi connectivity index (χ0v) is 13.2. The maximum absolute atomic E-state index is 12.5. The summed E-state index contributed by atoms with van der Waals surface area (Å²) in [7, 11) is 0. The topological polar surface area (TPSA) is 46.3 Å². The molecule has 1 aliphatic rings. The van der Waals surface area contributed by atoms with E-state index in [-0.39, 0.29) is 5.91 Å². The Kier molecular flexibility index (Phi) is 4.28. The van der Waals surface area contributed by atoms with Gasteiger partial charge in [0, 0.05) is 29.4 Å². The summed E-state index contributed by atoms with van der Waals surface area (Å²) in [4.78, 5) is 14.4. The first-order chi connectivity index (χ1) is 9.27. The minimum atomic E-state index is 0.0339. The van der Waals surface area contributed by atoms with Crippen LogP contribution in [0.1, 0.15) is 44.0 Å². The number of carbonyl (C=O) groups is 1. The third-order valence-electron chi connectivity index (χ3n) is 4.17. The fourth-order valence-electron chi connectivity index (χ4n) is 2.87. The van der Waals surface area contributed by atoms with Gasteiger partial charge in [0.25, 0.3) is 5.91 Å². The van der Waals surface area contributed by atoms with Gasteiger partial charge in [0.15, 0.2) is 0 Å². The molecular formula is C16H23ClN2O. The zero-order chi connectivity index (χ0) is 14.9. The number of anilines is 1. The van der Waals surface area contributed by atoms with Crippen LogP contribution in [0.25, 0.3) is 0 Å². The van der Waals surface area contributed by atoms with Crippen molar-refractivity contribution in [3.05, 3.63) is 28.8 Å². The molecule has 0 unspecified atom stereocenters. The quantitative estimate of drug-likeness (QED) is 0.800. The maximum atomic E-state index is 12.5. The molecule has 1 saturated heterocycles. The first-order valence-electron chi connectivity index (χ1n) is 7.13. The number of benzene rings is 1. The van der Waals surface area contributed by atoms with Gasteiger partial charge in [-0.25, -0.2) is 0 Å². The highest BCUT2D eigenvalue weighted by Crippen LogP contribution is 2.34. The highest BCUT2D eigenvalue weighted by atomic mass is 35.5. The Balaban J connectivity index is 2.05. The van der Waals surface area contributed by atoms with E-state index in [1.807, 2.05) is 4.90 Å². The molecule has 0 aromatic heterocycles. The van der Waals surface area contributed by atoms with E-state index >= 15 is 0 Å². The smallest absolute Gasteiger partial charge is 0.253 e. The number of likely N-dealkylation sites (tertiary alicyclic amines) is 1. The van der Waals surface area contributed by atoms with E-state index < -0.39 is 0 Å². The third-order valence-corrected chi connectivity index (χ3v) is 4.39. The lowest BCUT2D eigenvalue weighted by Gasteiger charge is -2.38. The molecule has 4 heteroatoms. The highest BCUT2D eigenvalue weighted by Gasteiger charge is 2.30. The molecule has 0 bridgehead atoms. The van der Waals surface area contributed by atoms with E-state index in [4.69, 9.17) is 17.3 Å². The Morgan fingerprint density at radius 2 is 1.85 bits per heavy atom. The molecule has 110 valence electrons. The molecule has 20 heavy (non-hydrogen) atoms. The Morgan fingerprint density at radius 1 is 1.25 bits per heavy atom. The first-order valence-corrected chi connectivity index (χ1v) is 7.50. The molecule has 2 rings (SSSR count). The number of amides is 1. The number of hydrogen-bond donors (Lipinski definition) is 1. The van der Waals surface area contributed by atoms with Gasteiger partial charge in [0.05, 0.1) is 0 Å². The second-order valence-corrected chi connectivity index (χ2v) is 7.14. The molecule has 0 aliphatic carbocycles. The van der Waals surface area contributed by atoms with Crippen molar-refractivity contribution in [2.24, 2.45) is 11.3 Å². The Labute approximate surface area is 126 Å². The van der Waals surface area contributed by atoms with Crippen LogP contribution in [0.15, 0.2) is 18.2 Å². The molecule has 3 nitrogen and oxygen atoms in total. The number of nitrogen functional groups attached to an aromatic ring is 1. The lowest BCUT2D eigenvalue weighted by atomic mass is 9.75. The van der Waals surface area contributed by atoms with Gasteiger partial charge in [-0.3, -0.25) is 4.79 Å². The number of halogens is 1. The largest absolute Gasteiger partial charge is 0.399 e.